The van der Waals surface area contributed by atoms with Crippen LogP contribution < -0.4 is 10.2 Å². The molecule has 0 bridgehead atoms. The highest BCUT2D eigenvalue weighted by Crippen LogP contribution is 2.24. The van der Waals surface area contributed by atoms with Gasteiger partial charge in [-0.15, -0.1) is 10.2 Å². The van der Waals surface area contributed by atoms with E-state index in [2.05, 4.69) is 25.6 Å². The molecule has 0 saturated carbocycles. The Balaban J connectivity index is 1.35. The topological polar surface area (TPSA) is 84.2 Å². The summed E-state index contributed by atoms with van der Waals surface area (Å²) in [5.41, 5.74) is 1.18. The van der Waals surface area contributed by atoms with E-state index in [1.807, 2.05) is 37.3 Å². The molecule has 1 aromatic carbocycles. The van der Waals surface area contributed by atoms with Gasteiger partial charge in [-0.25, -0.2) is 0 Å². The van der Waals surface area contributed by atoms with E-state index in [-0.39, 0.29) is 11.9 Å². The Morgan fingerprint density at radius 3 is 2.79 bits per heavy atom. The number of aromatic nitrogens is 3. The van der Waals surface area contributed by atoms with E-state index in [0.29, 0.717) is 11.5 Å². The van der Waals surface area contributed by atoms with Crippen molar-refractivity contribution in [3.05, 3.63) is 47.1 Å². The van der Waals surface area contributed by atoms with Gasteiger partial charge in [-0.3, -0.25) is 4.79 Å². The lowest BCUT2D eigenvalue weighted by Gasteiger charge is -2.38. The first kappa shape index (κ1) is 14.8. The van der Waals surface area contributed by atoms with Crippen molar-refractivity contribution in [3.63, 3.8) is 0 Å². The lowest BCUT2D eigenvalue weighted by molar-refractivity contribution is 0.0921. The number of amides is 1. The van der Waals surface area contributed by atoms with E-state index in [0.717, 1.165) is 28.8 Å². The van der Waals surface area contributed by atoms with Gasteiger partial charge in [-0.2, -0.15) is 0 Å². The van der Waals surface area contributed by atoms with Gasteiger partial charge in [0.1, 0.15) is 5.01 Å². The molecule has 7 nitrogen and oxygen atoms in total. The van der Waals surface area contributed by atoms with E-state index in [1.165, 1.54) is 0 Å². The average Bonchev–Trinajstić information content (AvgIpc) is 3.20. The smallest absolute Gasteiger partial charge is 0.273 e. The zero-order chi connectivity index (χ0) is 16.5. The number of anilines is 1. The number of carbonyl (C=O) groups excluding carboxylic acids is 1. The number of benzene rings is 1. The van der Waals surface area contributed by atoms with Crippen molar-refractivity contribution in [1.82, 2.24) is 20.7 Å². The summed E-state index contributed by atoms with van der Waals surface area (Å²) < 4.78 is 5.26. The lowest BCUT2D eigenvalue weighted by atomic mass is 10.1. The summed E-state index contributed by atoms with van der Waals surface area (Å²) in [6, 6.07) is 11.3. The van der Waals surface area contributed by atoms with E-state index in [1.54, 1.807) is 17.4 Å². The number of hydrogen-bond donors (Lipinski definition) is 1. The van der Waals surface area contributed by atoms with Crippen molar-refractivity contribution >= 4 is 22.4 Å². The van der Waals surface area contributed by atoms with Gasteiger partial charge >= 0.3 is 0 Å². The molecular formula is C16H15N5O2S. The fraction of sp³-hybridized carbons (Fsp3) is 0.250. The van der Waals surface area contributed by atoms with Crippen LogP contribution in [0.5, 0.6) is 0 Å². The molecule has 1 aliphatic rings. The molecule has 0 aliphatic carbocycles. The first-order valence-corrected chi connectivity index (χ1v) is 8.39. The third-order valence-corrected chi connectivity index (χ3v) is 4.70. The lowest BCUT2D eigenvalue weighted by Crippen LogP contribution is -2.59. The quantitative estimate of drug-likeness (QED) is 0.782. The molecular weight excluding hydrogens is 326 g/mol. The Labute approximate surface area is 142 Å². The van der Waals surface area contributed by atoms with Crippen LogP contribution in [-0.2, 0) is 0 Å². The predicted octanol–water partition coefficient (Wildman–Crippen LogP) is 2.12. The van der Waals surface area contributed by atoms with E-state index >= 15 is 0 Å². The minimum atomic E-state index is -0.223. The molecule has 4 rings (SSSR count). The van der Waals surface area contributed by atoms with Crippen molar-refractivity contribution in [3.8, 4) is 11.3 Å². The molecule has 1 amide bonds. The van der Waals surface area contributed by atoms with Crippen LogP contribution in [-0.4, -0.2) is 40.4 Å². The van der Waals surface area contributed by atoms with Crippen molar-refractivity contribution in [1.29, 1.82) is 0 Å². The minimum Gasteiger partial charge on any atom is -0.355 e. The second-order valence-electron chi connectivity index (χ2n) is 5.62. The second kappa shape index (κ2) is 6.04. The Morgan fingerprint density at radius 1 is 1.29 bits per heavy atom. The molecule has 3 aromatic rings. The average molecular weight is 341 g/mol. The standard InChI is InChI=1S/C16H15N5O2S/c1-10-18-19-16(24-10)21-8-12(9-21)17-15(22)13-7-14(23-20-13)11-5-3-2-4-6-11/h2-7,12H,8-9H2,1H3,(H,17,22). The Morgan fingerprint density at radius 2 is 2.08 bits per heavy atom. The van der Waals surface area contributed by atoms with Crippen LogP contribution in [0.4, 0.5) is 5.13 Å². The highest BCUT2D eigenvalue weighted by Gasteiger charge is 2.31. The van der Waals surface area contributed by atoms with Crippen molar-refractivity contribution in [2.75, 3.05) is 18.0 Å². The summed E-state index contributed by atoms with van der Waals surface area (Å²) in [7, 11) is 0. The molecule has 8 heteroatoms. The molecule has 24 heavy (non-hydrogen) atoms. The fourth-order valence-corrected chi connectivity index (χ4v) is 3.23. The molecule has 2 aromatic heterocycles. The van der Waals surface area contributed by atoms with Crippen molar-refractivity contribution in [2.45, 2.75) is 13.0 Å². The molecule has 0 atom stereocenters. The summed E-state index contributed by atoms with van der Waals surface area (Å²) in [5, 5.41) is 16.8. The number of rotatable bonds is 4. The largest absolute Gasteiger partial charge is 0.355 e. The van der Waals surface area contributed by atoms with Gasteiger partial charge in [0.25, 0.3) is 5.91 Å². The summed E-state index contributed by atoms with van der Waals surface area (Å²) in [5.74, 6) is 0.361. The van der Waals surface area contributed by atoms with Gasteiger partial charge in [0, 0.05) is 24.7 Å². The number of carbonyl (C=O) groups is 1. The van der Waals surface area contributed by atoms with Crippen LogP contribution in [0, 0.1) is 6.92 Å². The van der Waals surface area contributed by atoms with Crippen LogP contribution in [0.25, 0.3) is 11.3 Å². The van der Waals surface area contributed by atoms with Crippen LogP contribution in [0.1, 0.15) is 15.5 Å². The van der Waals surface area contributed by atoms with Crippen LogP contribution in [0.15, 0.2) is 40.9 Å². The summed E-state index contributed by atoms with van der Waals surface area (Å²) in [6.07, 6.45) is 0. The molecule has 1 saturated heterocycles. The van der Waals surface area contributed by atoms with E-state index in [4.69, 9.17) is 4.52 Å². The van der Waals surface area contributed by atoms with E-state index < -0.39 is 0 Å². The maximum absolute atomic E-state index is 12.3. The van der Waals surface area contributed by atoms with Gasteiger partial charge in [0.15, 0.2) is 11.5 Å². The number of nitrogens with zero attached hydrogens (tertiary/aromatic N) is 4. The summed E-state index contributed by atoms with van der Waals surface area (Å²) in [6.45, 7) is 3.38. The van der Waals surface area contributed by atoms with Gasteiger partial charge in [-0.05, 0) is 6.92 Å². The number of nitrogens with one attached hydrogen (secondary N) is 1. The fourth-order valence-electron chi connectivity index (χ4n) is 2.52. The zero-order valence-electron chi connectivity index (χ0n) is 13.0. The van der Waals surface area contributed by atoms with Crippen molar-refractivity contribution < 1.29 is 9.32 Å². The second-order valence-corrected chi connectivity index (χ2v) is 6.78. The summed E-state index contributed by atoms with van der Waals surface area (Å²) >= 11 is 1.55. The van der Waals surface area contributed by atoms with Crippen LogP contribution in [0.3, 0.4) is 0 Å². The van der Waals surface area contributed by atoms with Gasteiger partial charge in [0.2, 0.25) is 5.13 Å². The van der Waals surface area contributed by atoms with E-state index in [9.17, 15) is 4.79 Å². The molecule has 122 valence electrons. The van der Waals surface area contributed by atoms with Gasteiger partial charge in [-0.1, -0.05) is 46.8 Å². The maximum Gasteiger partial charge on any atom is 0.273 e. The Kier molecular flexibility index (Phi) is 3.73. The molecule has 0 spiro atoms. The first-order valence-electron chi connectivity index (χ1n) is 7.57. The normalized spacial score (nSPS) is 14.5. The van der Waals surface area contributed by atoms with Crippen LogP contribution in [0.2, 0.25) is 0 Å². The van der Waals surface area contributed by atoms with Gasteiger partial charge in [0.05, 0.1) is 6.04 Å². The molecule has 1 aliphatic heterocycles. The molecule has 1 N–H and O–H groups in total. The molecule has 0 radical (unpaired) electrons. The van der Waals surface area contributed by atoms with Crippen LogP contribution >= 0.6 is 11.3 Å². The Bertz CT molecular complexity index is 854. The number of hydrogen-bond acceptors (Lipinski definition) is 7. The third-order valence-electron chi connectivity index (χ3n) is 3.80. The first-order chi connectivity index (χ1) is 11.7. The SMILES string of the molecule is Cc1nnc(N2CC(NC(=O)c3cc(-c4ccccc4)on3)C2)s1. The Hall–Kier alpha value is -2.74. The monoisotopic (exact) mass is 341 g/mol. The number of aryl methyl sites for hydroxylation is 1. The molecule has 3 heterocycles. The predicted molar refractivity (Wildman–Crippen MR) is 90.1 cm³/mol. The summed E-state index contributed by atoms with van der Waals surface area (Å²) in [4.78, 5) is 14.4. The highest BCUT2D eigenvalue weighted by molar-refractivity contribution is 7.15. The van der Waals surface area contributed by atoms with Crippen molar-refractivity contribution in [2.24, 2.45) is 0 Å². The van der Waals surface area contributed by atoms with Gasteiger partial charge < -0.3 is 14.7 Å². The molecule has 1 fully saturated rings. The maximum atomic E-state index is 12.3. The zero-order valence-corrected chi connectivity index (χ0v) is 13.8. The molecule has 0 unspecified atom stereocenters. The third kappa shape index (κ3) is 2.88. The highest BCUT2D eigenvalue weighted by atomic mass is 32.1. The minimum absolute atomic E-state index is 0.0820.